The van der Waals surface area contributed by atoms with Crippen LogP contribution in [0.5, 0.6) is 0 Å². The van der Waals surface area contributed by atoms with E-state index >= 15 is 0 Å². The molecular formula is C28H36N2O2S. The van der Waals surface area contributed by atoms with Crippen molar-refractivity contribution in [2.75, 3.05) is 5.75 Å². The summed E-state index contributed by atoms with van der Waals surface area (Å²) in [5, 5.41) is 0. The summed E-state index contributed by atoms with van der Waals surface area (Å²) >= 11 is 0. The van der Waals surface area contributed by atoms with Crippen LogP contribution in [-0.4, -0.2) is 14.2 Å². The Morgan fingerprint density at radius 2 is 1.21 bits per heavy atom. The zero-order valence-electron chi connectivity index (χ0n) is 20.0. The van der Waals surface area contributed by atoms with Gasteiger partial charge in [-0.2, -0.15) is 0 Å². The van der Waals surface area contributed by atoms with Gasteiger partial charge >= 0.3 is 0 Å². The third-order valence-electron chi connectivity index (χ3n) is 6.12. The molecule has 0 aliphatic heterocycles. The van der Waals surface area contributed by atoms with Crippen molar-refractivity contribution in [3.8, 4) is 0 Å². The molecule has 3 rings (SSSR count). The summed E-state index contributed by atoms with van der Waals surface area (Å²) in [5.41, 5.74) is 11.9. The van der Waals surface area contributed by atoms with Crippen molar-refractivity contribution in [2.45, 2.75) is 58.0 Å². The molecule has 3 N–H and O–H groups in total. The van der Waals surface area contributed by atoms with Crippen LogP contribution in [0.1, 0.15) is 79.4 Å². The molecule has 0 aliphatic carbocycles. The Labute approximate surface area is 199 Å². The molecule has 0 spiro atoms. The van der Waals surface area contributed by atoms with E-state index in [0.29, 0.717) is 18.3 Å². The van der Waals surface area contributed by atoms with Gasteiger partial charge in [-0.05, 0) is 46.1 Å². The molecule has 0 radical (unpaired) electrons. The van der Waals surface area contributed by atoms with Gasteiger partial charge in [0.25, 0.3) is 0 Å². The summed E-state index contributed by atoms with van der Waals surface area (Å²) in [7, 11) is -3.60. The average Bonchev–Trinajstić information content (AvgIpc) is 2.81. The summed E-state index contributed by atoms with van der Waals surface area (Å²) in [6.45, 7) is 8.61. The highest BCUT2D eigenvalue weighted by atomic mass is 32.2. The number of hydrogen-bond acceptors (Lipinski definition) is 3. The maximum atomic E-state index is 13.3. The van der Waals surface area contributed by atoms with Gasteiger partial charge in [0, 0.05) is 0 Å². The van der Waals surface area contributed by atoms with Gasteiger partial charge in [-0.15, -0.1) is 0 Å². The van der Waals surface area contributed by atoms with E-state index in [4.69, 9.17) is 5.73 Å². The Kier molecular flexibility index (Phi) is 8.46. The van der Waals surface area contributed by atoms with Crippen molar-refractivity contribution in [1.82, 2.24) is 4.72 Å². The van der Waals surface area contributed by atoms with Crippen molar-refractivity contribution in [1.29, 1.82) is 0 Å². The molecule has 0 saturated carbocycles. The molecule has 5 heteroatoms. The SMILES string of the molecule is CC(C)c1cccc(C(C)C)c1CCS(=O)(=O)NC(c1ccccc1)C(N)c1ccccc1. The molecule has 0 bridgehead atoms. The summed E-state index contributed by atoms with van der Waals surface area (Å²) in [5.74, 6) is 0.678. The maximum absolute atomic E-state index is 13.3. The van der Waals surface area contributed by atoms with Crippen LogP contribution in [-0.2, 0) is 16.4 Å². The first kappa shape index (κ1) is 25.2. The molecule has 176 valence electrons. The third kappa shape index (κ3) is 6.53. The van der Waals surface area contributed by atoms with Crippen LogP contribution in [0.4, 0.5) is 0 Å². The van der Waals surface area contributed by atoms with Gasteiger partial charge in [0.2, 0.25) is 10.0 Å². The summed E-state index contributed by atoms with van der Waals surface area (Å²) in [6, 6.07) is 24.4. The Hall–Kier alpha value is -2.47. The maximum Gasteiger partial charge on any atom is 0.212 e. The first-order valence-electron chi connectivity index (χ1n) is 11.7. The lowest BCUT2D eigenvalue weighted by molar-refractivity contribution is 0.503. The van der Waals surface area contributed by atoms with Crippen LogP contribution in [0.3, 0.4) is 0 Å². The second-order valence-corrected chi connectivity index (χ2v) is 11.1. The lowest BCUT2D eigenvalue weighted by atomic mass is 9.87. The van der Waals surface area contributed by atoms with Gasteiger partial charge in [0.1, 0.15) is 0 Å². The van der Waals surface area contributed by atoms with Gasteiger partial charge in [0.05, 0.1) is 17.8 Å². The predicted molar refractivity (Wildman–Crippen MR) is 138 cm³/mol. The fourth-order valence-corrected chi connectivity index (χ4v) is 5.62. The Balaban J connectivity index is 1.87. The van der Waals surface area contributed by atoms with Crippen LogP contribution < -0.4 is 10.5 Å². The van der Waals surface area contributed by atoms with Gasteiger partial charge in [0.15, 0.2) is 0 Å². The van der Waals surface area contributed by atoms with E-state index in [-0.39, 0.29) is 5.75 Å². The van der Waals surface area contributed by atoms with Gasteiger partial charge in [-0.25, -0.2) is 13.1 Å². The van der Waals surface area contributed by atoms with Crippen molar-refractivity contribution in [3.05, 3.63) is 107 Å². The average molecular weight is 465 g/mol. The number of sulfonamides is 1. The molecule has 2 unspecified atom stereocenters. The first-order valence-corrected chi connectivity index (χ1v) is 13.3. The molecule has 3 aromatic rings. The molecule has 0 fully saturated rings. The second-order valence-electron chi connectivity index (χ2n) is 9.24. The smallest absolute Gasteiger partial charge is 0.212 e. The summed E-state index contributed by atoms with van der Waals surface area (Å²) in [6.07, 6.45) is 0.472. The Morgan fingerprint density at radius 1 is 0.727 bits per heavy atom. The van der Waals surface area contributed by atoms with Gasteiger partial charge < -0.3 is 5.73 Å². The van der Waals surface area contributed by atoms with E-state index in [2.05, 4.69) is 50.6 Å². The molecule has 0 aliphatic rings. The molecule has 0 saturated heterocycles. The van der Waals surface area contributed by atoms with Crippen LogP contribution in [0.15, 0.2) is 78.9 Å². The highest BCUT2D eigenvalue weighted by molar-refractivity contribution is 7.89. The van der Waals surface area contributed by atoms with E-state index in [1.54, 1.807) is 0 Å². The number of nitrogens with one attached hydrogen (secondary N) is 1. The van der Waals surface area contributed by atoms with E-state index in [1.807, 2.05) is 60.7 Å². The highest BCUT2D eigenvalue weighted by Crippen LogP contribution is 2.30. The lowest BCUT2D eigenvalue weighted by Gasteiger charge is -2.26. The molecule has 0 amide bonds. The van der Waals surface area contributed by atoms with Crippen LogP contribution in [0.25, 0.3) is 0 Å². The second kappa shape index (κ2) is 11.1. The quantitative estimate of drug-likeness (QED) is 0.396. The first-order chi connectivity index (χ1) is 15.7. The van der Waals surface area contributed by atoms with Crippen molar-refractivity contribution >= 4 is 10.0 Å². The summed E-state index contributed by atoms with van der Waals surface area (Å²) < 4.78 is 29.6. The number of hydrogen-bond donors (Lipinski definition) is 2. The third-order valence-corrected chi connectivity index (χ3v) is 7.48. The molecule has 4 nitrogen and oxygen atoms in total. The normalized spacial score (nSPS) is 13.9. The Morgan fingerprint density at radius 3 is 1.70 bits per heavy atom. The highest BCUT2D eigenvalue weighted by Gasteiger charge is 2.27. The number of rotatable bonds is 10. The fourth-order valence-electron chi connectivity index (χ4n) is 4.36. The zero-order chi connectivity index (χ0) is 24.0. The van der Waals surface area contributed by atoms with Crippen molar-refractivity contribution in [3.63, 3.8) is 0 Å². The van der Waals surface area contributed by atoms with E-state index < -0.39 is 22.1 Å². The minimum absolute atomic E-state index is 0.0152. The minimum atomic E-state index is -3.60. The molecule has 33 heavy (non-hydrogen) atoms. The standard InChI is InChI=1S/C28H36N2O2S/c1-20(2)24-16-11-17-25(21(3)4)26(24)18-19-33(31,32)30-28(23-14-9-6-10-15-23)27(29)22-12-7-5-8-13-22/h5-17,20-21,27-28,30H,18-19,29H2,1-4H3. The topological polar surface area (TPSA) is 72.2 Å². The minimum Gasteiger partial charge on any atom is -0.322 e. The predicted octanol–water partition coefficient (Wildman–Crippen LogP) is 5.84. The molecule has 0 aromatic heterocycles. The van der Waals surface area contributed by atoms with E-state index in [0.717, 1.165) is 16.7 Å². The van der Waals surface area contributed by atoms with Crippen LogP contribution in [0.2, 0.25) is 0 Å². The largest absolute Gasteiger partial charge is 0.322 e. The zero-order valence-corrected chi connectivity index (χ0v) is 20.8. The Bertz CT molecular complexity index is 1100. The fraction of sp³-hybridized carbons (Fsp3) is 0.357. The van der Waals surface area contributed by atoms with Crippen LogP contribution >= 0.6 is 0 Å². The van der Waals surface area contributed by atoms with Crippen molar-refractivity contribution in [2.24, 2.45) is 5.73 Å². The summed E-state index contributed by atoms with van der Waals surface area (Å²) in [4.78, 5) is 0. The monoisotopic (exact) mass is 464 g/mol. The molecular weight excluding hydrogens is 428 g/mol. The van der Waals surface area contributed by atoms with E-state index in [9.17, 15) is 8.42 Å². The number of benzene rings is 3. The lowest BCUT2D eigenvalue weighted by Crippen LogP contribution is -2.37. The molecule has 2 atom stereocenters. The van der Waals surface area contributed by atoms with Crippen molar-refractivity contribution < 1.29 is 8.42 Å². The number of nitrogens with two attached hydrogens (primary N) is 1. The van der Waals surface area contributed by atoms with Gasteiger partial charge in [-0.1, -0.05) is 107 Å². The van der Waals surface area contributed by atoms with Crippen LogP contribution in [0, 0.1) is 0 Å². The molecule has 0 heterocycles. The van der Waals surface area contributed by atoms with E-state index in [1.165, 1.54) is 11.1 Å². The van der Waals surface area contributed by atoms with Gasteiger partial charge in [-0.3, -0.25) is 0 Å². The molecule has 3 aromatic carbocycles.